The van der Waals surface area contributed by atoms with E-state index < -0.39 is 5.38 Å². The van der Waals surface area contributed by atoms with Crippen LogP contribution in [0.4, 0.5) is 0 Å². The van der Waals surface area contributed by atoms with Crippen molar-refractivity contribution in [2.75, 3.05) is 7.11 Å². The van der Waals surface area contributed by atoms with Gasteiger partial charge in [0.25, 0.3) is 0 Å². The number of alkyl halides is 1. The van der Waals surface area contributed by atoms with Gasteiger partial charge in [-0.15, -0.1) is 11.6 Å². The molecule has 0 saturated heterocycles. The van der Waals surface area contributed by atoms with E-state index in [2.05, 4.69) is 0 Å². The fourth-order valence-electron chi connectivity index (χ4n) is 2.75. The maximum atomic E-state index is 12.5. The van der Waals surface area contributed by atoms with Crippen LogP contribution in [0.2, 0.25) is 0 Å². The molecule has 1 aliphatic carbocycles. The van der Waals surface area contributed by atoms with Gasteiger partial charge in [0.2, 0.25) is 0 Å². The second-order valence-electron chi connectivity index (χ2n) is 5.72. The Morgan fingerprint density at radius 3 is 2.42 bits per heavy atom. The molecule has 0 N–H and O–H groups in total. The minimum atomic E-state index is -0.663. The molecule has 1 saturated carbocycles. The molecule has 0 aliphatic heterocycles. The number of benzene rings is 2. The molecule has 1 aliphatic rings. The van der Waals surface area contributed by atoms with Crippen LogP contribution in [0.15, 0.2) is 60.2 Å². The van der Waals surface area contributed by atoms with Crippen LogP contribution in [0.1, 0.15) is 18.4 Å². The summed E-state index contributed by atoms with van der Waals surface area (Å²) >= 11 is 6.36. The van der Waals surface area contributed by atoms with Gasteiger partial charge in [0.15, 0.2) is 5.78 Å². The first-order valence-corrected chi connectivity index (χ1v) is 8.35. The zero-order chi connectivity index (χ0) is 16.9. The Bertz CT molecular complexity index is 722. The Balaban J connectivity index is 1.70. The number of hydrogen-bond acceptors (Lipinski definition) is 3. The average molecular weight is 343 g/mol. The van der Waals surface area contributed by atoms with E-state index in [0.29, 0.717) is 6.42 Å². The molecule has 3 rings (SSSR count). The second-order valence-corrected chi connectivity index (χ2v) is 6.19. The number of Topliss-reactive ketones (excluding diaryl/α,β-unsaturated/α-hetero) is 1. The number of ketones is 1. The number of carbonyl (C=O) groups excluding carboxylic acids is 1. The summed E-state index contributed by atoms with van der Waals surface area (Å²) < 4.78 is 11.0. The van der Waals surface area contributed by atoms with Gasteiger partial charge in [-0.2, -0.15) is 0 Å². The third-order valence-corrected chi connectivity index (χ3v) is 4.56. The van der Waals surface area contributed by atoms with Crippen molar-refractivity contribution >= 4 is 23.5 Å². The Morgan fingerprint density at radius 2 is 1.75 bits per heavy atom. The van der Waals surface area contributed by atoms with E-state index >= 15 is 0 Å². The van der Waals surface area contributed by atoms with E-state index in [1.54, 1.807) is 7.11 Å². The van der Waals surface area contributed by atoms with Crippen molar-refractivity contribution in [2.24, 2.45) is 0 Å². The molecule has 2 atom stereocenters. The standard InChI is InChI=1S/C20H19ClO3/c1-23-16-10-7-14(8-11-16)13-15-9-12-18(19(21)20(15)22)24-17-5-3-2-4-6-17/h2-8,10-11,13,18-19H,9,12H2,1H3. The van der Waals surface area contributed by atoms with Crippen LogP contribution in [0.25, 0.3) is 6.08 Å². The normalized spacial score (nSPS) is 22.4. The number of hydrogen-bond donors (Lipinski definition) is 0. The summed E-state index contributed by atoms with van der Waals surface area (Å²) in [7, 11) is 1.63. The molecule has 2 aromatic rings. The zero-order valence-corrected chi connectivity index (χ0v) is 14.2. The van der Waals surface area contributed by atoms with Gasteiger partial charge in [-0.25, -0.2) is 0 Å². The van der Waals surface area contributed by atoms with E-state index in [1.807, 2.05) is 60.7 Å². The molecule has 1 fully saturated rings. The Labute approximate surface area is 146 Å². The van der Waals surface area contributed by atoms with E-state index in [1.165, 1.54) is 0 Å². The minimum absolute atomic E-state index is 0.0559. The number of allylic oxidation sites excluding steroid dienone is 1. The number of ether oxygens (including phenoxy) is 2. The predicted molar refractivity (Wildman–Crippen MR) is 95.7 cm³/mol. The summed E-state index contributed by atoms with van der Waals surface area (Å²) in [4.78, 5) is 12.5. The van der Waals surface area contributed by atoms with Gasteiger partial charge >= 0.3 is 0 Å². The fourth-order valence-corrected chi connectivity index (χ4v) is 3.07. The van der Waals surface area contributed by atoms with Crippen LogP contribution in [-0.4, -0.2) is 24.4 Å². The first-order chi connectivity index (χ1) is 11.7. The molecule has 4 heteroatoms. The first kappa shape index (κ1) is 16.6. The summed E-state index contributed by atoms with van der Waals surface area (Å²) in [6.45, 7) is 0. The monoisotopic (exact) mass is 342 g/mol. The first-order valence-electron chi connectivity index (χ1n) is 7.92. The second kappa shape index (κ2) is 7.54. The molecule has 0 amide bonds. The summed E-state index contributed by atoms with van der Waals surface area (Å²) in [6.07, 6.45) is 2.98. The number of methoxy groups -OCH3 is 1. The number of halogens is 1. The van der Waals surface area contributed by atoms with E-state index in [4.69, 9.17) is 21.1 Å². The predicted octanol–water partition coefficient (Wildman–Crippen LogP) is 4.50. The van der Waals surface area contributed by atoms with Crippen molar-refractivity contribution < 1.29 is 14.3 Å². The molecule has 0 spiro atoms. The minimum Gasteiger partial charge on any atom is -0.497 e. The van der Waals surface area contributed by atoms with Gasteiger partial charge in [0.05, 0.1) is 7.11 Å². The molecule has 0 heterocycles. The van der Waals surface area contributed by atoms with E-state index in [-0.39, 0.29) is 11.9 Å². The zero-order valence-electron chi connectivity index (χ0n) is 13.4. The van der Waals surface area contributed by atoms with Crippen LogP contribution >= 0.6 is 11.6 Å². The van der Waals surface area contributed by atoms with Gasteiger partial charge in [-0.05, 0) is 54.3 Å². The Kier molecular flexibility index (Phi) is 5.21. The fraction of sp³-hybridized carbons (Fsp3) is 0.250. The Morgan fingerprint density at radius 1 is 1.04 bits per heavy atom. The lowest BCUT2D eigenvalue weighted by Gasteiger charge is -2.28. The summed E-state index contributed by atoms with van der Waals surface area (Å²) in [5.41, 5.74) is 1.71. The molecule has 0 bridgehead atoms. The number of rotatable bonds is 4. The van der Waals surface area contributed by atoms with Crippen molar-refractivity contribution in [2.45, 2.75) is 24.3 Å². The number of para-hydroxylation sites is 1. The van der Waals surface area contributed by atoms with Crippen LogP contribution in [0, 0.1) is 0 Å². The van der Waals surface area contributed by atoms with Crippen molar-refractivity contribution in [1.29, 1.82) is 0 Å². The maximum absolute atomic E-state index is 12.5. The molecule has 2 unspecified atom stereocenters. The third-order valence-electron chi connectivity index (χ3n) is 4.08. The maximum Gasteiger partial charge on any atom is 0.180 e. The van der Waals surface area contributed by atoms with Crippen LogP contribution < -0.4 is 9.47 Å². The molecule has 124 valence electrons. The van der Waals surface area contributed by atoms with Crippen molar-refractivity contribution in [3.63, 3.8) is 0 Å². The van der Waals surface area contributed by atoms with Gasteiger partial charge in [0.1, 0.15) is 23.0 Å². The SMILES string of the molecule is COc1ccc(C=C2CCC(Oc3ccccc3)C(Cl)C2=O)cc1. The quantitative estimate of drug-likeness (QED) is 0.606. The average Bonchev–Trinajstić information content (AvgIpc) is 2.63. The van der Waals surface area contributed by atoms with Crippen molar-refractivity contribution in [3.05, 3.63) is 65.7 Å². The lowest BCUT2D eigenvalue weighted by atomic mass is 9.89. The summed E-state index contributed by atoms with van der Waals surface area (Å²) in [6, 6.07) is 17.1. The molecular weight excluding hydrogens is 324 g/mol. The van der Waals surface area contributed by atoms with Gasteiger partial charge in [-0.3, -0.25) is 4.79 Å². The molecule has 3 nitrogen and oxygen atoms in total. The topological polar surface area (TPSA) is 35.5 Å². The van der Waals surface area contributed by atoms with Crippen LogP contribution in [0.5, 0.6) is 11.5 Å². The lowest BCUT2D eigenvalue weighted by molar-refractivity contribution is -0.117. The highest BCUT2D eigenvalue weighted by Crippen LogP contribution is 2.30. The molecule has 0 radical (unpaired) electrons. The molecule has 24 heavy (non-hydrogen) atoms. The Hall–Kier alpha value is -2.26. The summed E-state index contributed by atoms with van der Waals surface area (Å²) in [5, 5.41) is -0.663. The van der Waals surface area contributed by atoms with Crippen LogP contribution in [-0.2, 0) is 4.79 Å². The van der Waals surface area contributed by atoms with E-state index in [9.17, 15) is 4.79 Å². The van der Waals surface area contributed by atoms with Gasteiger partial charge in [0, 0.05) is 0 Å². The molecule has 0 aromatic heterocycles. The van der Waals surface area contributed by atoms with Crippen molar-refractivity contribution in [3.8, 4) is 11.5 Å². The smallest absolute Gasteiger partial charge is 0.180 e. The summed E-state index contributed by atoms with van der Waals surface area (Å²) in [5.74, 6) is 1.47. The highest BCUT2D eigenvalue weighted by Gasteiger charge is 2.34. The highest BCUT2D eigenvalue weighted by molar-refractivity contribution is 6.35. The van der Waals surface area contributed by atoms with Crippen LogP contribution in [0.3, 0.4) is 0 Å². The molecular formula is C20H19ClO3. The lowest BCUT2D eigenvalue weighted by Crippen LogP contribution is -2.39. The van der Waals surface area contributed by atoms with Gasteiger partial charge in [-0.1, -0.05) is 30.3 Å². The largest absolute Gasteiger partial charge is 0.497 e. The third kappa shape index (κ3) is 3.80. The van der Waals surface area contributed by atoms with E-state index in [0.717, 1.165) is 29.1 Å². The van der Waals surface area contributed by atoms with Crippen molar-refractivity contribution in [1.82, 2.24) is 0 Å². The highest BCUT2D eigenvalue weighted by atomic mass is 35.5. The molecule has 2 aromatic carbocycles. The number of carbonyl (C=O) groups is 1. The van der Waals surface area contributed by atoms with Gasteiger partial charge < -0.3 is 9.47 Å².